The molecule has 2 aromatic carbocycles. The Morgan fingerprint density at radius 2 is 1.90 bits per heavy atom. The molecule has 156 valence electrons. The smallest absolute Gasteiger partial charge is 0.191 e. The Balaban J connectivity index is 1.45. The number of hydrogen-bond acceptors (Lipinski definition) is 3. The zero-order valence-corrected chi connectivity index (χ0v) is 17.9. The van der Waals surface area contributed by atoms with Gasteiger partial charge in [0.1, 0.15) is 0 Å². The molecule has 29 heavy (non-hydrogen) atoms. The van der Waals surface area contributed by atoms with Gasteiger partial charge in [-0.05, 0) is 48.6 Å². The van der Waals surface area contributed by atoms with Crippen LogP contribution < -0.4 is 10.6 Å². The highest BCUT2D eigenvalue weighted by Gasteiger charge is 2.14. The van der Waals surface area contributed by atoms with Crippen LogP contribution in [0.3, 0.4) is 0 Å². The SMILES string of the molecule is CN=C(NCc1ccc(COC2CCOCC2)cc1)NC(C)c1cccc(Cl)c1. The third-order valence-electron chi connectivity index (χ3n) is 5.06. The van der Waals surface area contributed by atoms with E-state index < -0.39 is 0 Å². The number of halogens is 1. The van der Waals surface area contributed by atoms with Crippen molar-refractivity contribution in [3.05, 3.63) is 70.2 Å². The van der Waals surface area contributed by atoms with Gasteiger partial charge in [-0.1, -0.05) is 48.0 Å². The number of nitrogens with one attached hydrogen (secondary N) is 2. The molecule has 1 atom stereocenters. The van der Waals surface area contributed by atoms with Gasteiger partial charge in [0, 0.05) is 31.8 Å². The molecule has 1 saturated heterocycles. The van der Waals surface area contributed by atoms with Crippen LogP contribution >= 0.6 is 11.6 Å². The van der Waals surface area contributed by atoms with Gasteiger partial charge >= 0.3 is 0 Å². The topological polar surface area (TPSA) is 54.9 Å². The Hall–Kier alpha value is -2.08. The minimum absolute atomic E-state index is 0.101. The molecular weight excluding hydrogens is 386 g/mol. The summed E-state index contributed by atoms with van der Waals surface area (Å²) in [4.78, 5) is 4.32. The van der Waals surface area contributed by atoms with E-state index in [0.717, 1.165) is 42.6 Å². The lowest BCUT2D eigenvalue weighted by molar-refractivity contribution is -0.0390. The molecule has 1 aliphatic heterocycles. The largest absolute Gasteiger partial charge is 0.381 e. The zero-order chi connectivity index (χ0) is 20.5. The van der Waals surface area contributed by atoms with Crippen molar-refractivity contribution in [2.75, 3.05) is 20.3 Å². The van der Waals surface area contributed by atoms with Crippen LogP contribution in [0.1, 0.15) is 42.5 Å². The van der Waals surface area contributed by atoms with Crippen LogP contribution in [0.25, 0.3) is 0 Å². The average Bonchev–Trinajstić information content (AvgIpc) is 2.76. The summed E-state index contributed by atoms with van der Waals surface area (Å²) in [5.74, 6) is 0.754. The number of ether oxygens (including phenoxy) is 2. The lowest BCUT2D eigenvalue weighted by atomic mass is 10.1. The van der Waals surface area contributed by atoms with Crippen LogP contribution in [-0.2, 0) is 22.6 Å². The third-order valence-corrected chi connectivity index (χ3v) is 5.30. The van der Waals surface area contributed by atoms with Crippen molar-refractivity contribution in [3.63, 3.8) is 0 Å². The van der Waals surface area contributed by atoms with Crippen molar-refractivity contribution in [2.24, 2.45) is 4.99 Å². The normalized spacial score (nSPS) is 16.4. The van der Waals surface area contributed by atoms with Gasteiger partial charge in [0.2, 0.25) is 0 Å². The van der Waals surface area contributed by atoms with E-state index in [1.165, 1.54) is 11.1 Å². The lowest BCUT2D eigenvalue weighted by Gasteiger charge is -2.22. The molecule has 1 unspecified atom stereocenters. The number of hydrogen-bond donors (Lipinski definition) is 2. The van der Waals surface area contributed by atoms with E-state index in [1.54, 1.807) is 7.05 Å². The Kier molecular flexibility index (Phi) is 8.35. The van der Waals surface area contributed by atoms with Crippen molar-refractivity contribution in [2.45, 2.75) is 45.1 Å². The second-order valence-electron chi connectivity index (χ2n) is 7.29. The summed E-state index contributed by atoms with van der Waals surface area (Å²) in [6.07, 6.45) is 2.30. The highest BCUT2D eigenvalue weighted by atomic mass is 35.5. The molecular formula is C23H30ClN3O2. The van der Waals surface area contributed by atoms with E-state index in [4.69, 9.17) is 21.1 Å². The minimum atomic E-state index is 0.101. The molecule has 0 aromatic heterocycles. The molecule has 0 radical (unpaired) electrons. The molecule has 2 aromatic rings. The fourth-order valence-electron chi connectivity index (χ4n) is 3.25. The molecule has 5 nitrogen and oxygen atoms in total. The predicted molar refractivity (Wildman–Crippen MR) is 118 cm³/mol. The Bertz CT molecular complexity index is 789. The molecule has 0 aliphatic carbocycles. The van der Waals surface area contributed by atoms with Gasteiger partial charge in [0.15, 0.2) is 5.96 Å². The quantitative estimate of drug-likeness (QED) is 0.517. The molecule has 1 fully saturated rings. The molecule has 0 saturated carbocycles. The molecule has 0 amide bonds. The van der Waals surface area contributed by atoms with E-state index in [9.17, 15) is 0 Å². The molecule has 0 bridgehead atoms. The van der Waals surface area contributed by atoms with Gasteiger partial charge in [-0.3, -0.25) is 4.99 Å². The third kappa shape index (κ3) is 7.03. The van der Waals surface area contributed by atoms with Gasteiger partial charge < -0.3 is 20.1 Å². The summed E-state index contributed by atoms with van der Waals surface area (Å²) in [6, 6.07) is 16.5. The average molecular weight is 416 g/mol. The maximum Gasteiger partial charge on any atom is 0.191 e. The van der Waals surface area contributed by atoms with Gasteiger partial charge in [-0.15, -0.1) is 0 Å². The van der Waals surface area contributed by atoms with Crippen LogP contribution in [-0.4, -0.2) is 32.3 Å². The first-order valence-corrected chi connectivity index (χ1v) is 10.5. The van der Waals surface area contributed by atoms with Gasteiger partial charge in [0.25, 0.3) is 0 Å². The first kappa shape index (κ1) is 21.6. The summed E-state index contributed by atoms with van der Waals surface area (Å²) in [5, 5.41) is 7.50. The summed E-state index contributed by atoms with van der Waals surface area (Å²) in [5.41, 5.74) is 3.50. The number of aliphatic imine (C=N–C) groups is 1. The van der Waals surface area contributed by atoms with Crippen molar-refractivity contribution >= 4 is 17.6 Å². The van der Waals surface area contributed by atoms with Gasteiger partial charge in [-0.25, -0.2) is 0 Å². The number of nitrogens with zero attached hydrogens (tertiary/aromatic N) is 1. The number of rotatable bonds is 7. The van der Waals surface area contributed by atoms with E-state index in [-0.39, 0.29) is 6.04 Å². The van der Waals surface area contributed by atoms with Crippen molar-refractivity contribution < 1.29 is 9.47 Å². The first-order chi connectivity index (χ1) is 14.1. The van der Waals surface area contributed by atoms with Crippen LogP contribution in [0.5, 0.6) is 0 Å². The van der Waals surface area contributed by atoms with Crippen LogP contribution in [0.15, 0.2) is 53.5 Å². The van der Waals surface area contributed by atoms with Gasteiger partial charge in [0.05, 0.1) is 18.8 Å². The zero-order valence-electron chi connectivity index (χ0n) is 17.2. The fraction of sp³-hybridized carbons (Fsp3) is 0.435. The lowest BCUT2D eigenvalue weighted by Crippen LogP contribution is -2.38. The fourth-order valence-corrected chi connectivity index (χ4v) is 3.45. The van der Waals surface area contributed by atoms with Crippen molar-refractivity contribution in [1.82, 2.24) is 10.6 Å². The summed E-state index contributed by atoms with van der Waals surface area (Å²) >= 11 is 6.09. The minimum Gasteiger partial charge on any atom is -0.381 e. The highest BCUT2D eigenvalue weighted by molar-refractivity contribution is 6.30. The van der Waals surface area contributed by atoms with Crippen LogP contribution in [0, 0.1) is 0 Å². The standard InChI is InChI=1S/C23H30ClN3O2/c1-17(20-4-3-5-21(24)14-20)27-23(25-2)26-15-18-6-8-19(9-7-18)16-29-22-10-12-28-13-11-22/h3-9,14,17,22H,10-13,15-16H2,1-2H3,(H2,25,26,27). The summed E-state index contributed by atoms with van der Waals surface area (Å²) < 4.78 is 11.4. The Labute approximate surface area is 178 Å². The van der Waals surface area contributed by atoms with Crippen molar-refractivity contribution in [1.29, 1.82) is 0 Å². The maximum atomic E-state index is 6.09. The Morgan fingerprint density at radius 1 is 1.17 bits per heavy atom. The molecule has 1 aliphatic rings. The molecule has 2 N–H and O–H groups in total. The second-order valence-corrected chi connectivity index (χ2v) is 7.72. The van der Waals surface area contributed by atoms with E-state index in [2.05, 4.69) is 52.9 Å². The Morgan fingerprint density at radius 3 is 2.59 bits per heavy atom. The summed E-state index contributed by atoms with van der Waals surface area (Å²) in [6.45, 7) is 5.05. The maximum absolute atomic E-state index is 6.09. The molecule has 6 heteroatoms. The van der Waals surface area contributed by atoms with Gasteiger partial charge in [-0.2, -0.15) is 0 Å². The molecule has 3 rings (SSSR count). The predicted octanol–water partition coefficient (Wildman–Crippen LogP) is 4.46. The van der Waals surface area contributed by atoms with E-state index in [0.29, 0.717) is 19.3 Å². The summed E-state index contributed by atoms with van der Waals surface area (Å²) in [7, 11) is 1.77. The number of guanidine groups is 1. The first-order valence-electron chi connectivity index (χ1n) is 10.1. The van der Waals surface area contributed by atoms with Crippen LogP contribution in [0.2, 0.25) is 5.02 Å². The van der Waals surface area contributed by atoms with Crippen LogP contribution in [0.4, 0.5) is 0 Å². The monoisotopic (exact) mass is 415 g/mol. The van der Waals surface area contributed by atoms with E-state index in [1.807, 2.05) is 18.2 Å². The van der Waals surface area contributed by atoms with Crippen molar-refractivity contribution in [3.8, 4) is 0 Å². The highest BCUT2D eigenvalue weighted by Crippen LogP contribution is 2.17. The van der Waals surface area contributed by atoms with E-state index >= 15 is 0 Å². The second kappa shape index (κ2) is 11.2. The molecule has 0 spiro atoms. The number of benzene rings is 2. The molecule has 1 heterocycles.